The molecule has 0 unspecified atom stereocenters. The van der Waals surface area contributed by atoms with E-state index in [2.05, 4.69) is 5.16 Å². The molecular formula is C10H19N3O4. The van der Waals surface area contributed by atoms with E-state index < -0.39 is 5.91 Å². The number of carbonyl (C=O) groups excluding carboxylic acids is 1. The molecule has 0 atom stereocenters. The fourth-order valence-corrected chi connectivity index (χ4v) is 1.46. The highest BCUT2D eigenvalue weighted by atomic mass is 16.6. The quantitative estimate of drug-likeness (QED) is 0.198. The summed E-state index contributed by atoms with van der Waals surface area (Å²) in [6.07, 6.45) is 5.35. The average molecular weight is 245 g/mol. The van der Waals surface area contributed by atoms with Crippen LogP contribution >= 0.6 is 0 Å². The Kier molecular flexibility index (Phi) is 8.62. The van der Waals surface area contributed by atoms with Gasteiger partial charge in [0.05, 0.1) is 0 Å². The van der Waals surface area contributed by atoms with E-state index in [0.29, 0.717) is 12.8 Å². The zero-order valence-corrected chi connectivity index (χ0v) is 9.80. The van der Waals surface area contributed by atoms with Gasteiger partial charge in [0.15, 0.2) is 0 Å². The van der Waals surface area contributed by atoms with Crippen molar-refractivity contribution in [1.82, 2.24) is 0 Å². The molecule has 0 rings (SSSR count). The third-order valence-electron chi connectivity index (χ3n) is 2.41. The van der Waals surface area contributed by atoms with Gasteiger partial charge in [0, 0.05) is 11.3 Å². The maximum atomic E-state index is 10.7. The molecule has 1 amide bonds. The molecule has 0 saturated carbocycles. The van der Waals surface area contributed by atoms with Gasteiger partial charge in [-0.3, -0.25) is 14.9 Å². The molecule has 98 valence electrons. The highest BCUT2D eigenvalue weighted by Gasteiger charge is 2.06. The monoisotopic (exact) mass is 245 g/mol. The van der Waals surface area contributed by atoms with E-state index in [0.717, 1.165) is 32.1 Å². The molecule has 3 N–H and O–H groups in total. The number of unbranched alkanes of at least 4 members (excludes halogenated alkanes) is 5. The molecule has 0 aliphatic rings. The second kappa shape index (κ2) is 9.56. The Bertz CT molecular complexity index is 279. The molecule has 0 aromatic heterocycles. The van der Waals surface area contributed by atoms with Crippen LogP contribution in [0.2, 0.25) is 0 Å². The summed E-state index contributed by atoms with van der Waals surface area (Å²) < 4.78 is 0. The van der Waals surface area contributed by atoms with Gasteiger partial charge in [-0.25, -0.2) is 0 Å². The second-order valence-corrected chi connectivity index (χ2v) is 3.84. The standard InChI is InChI=1S/C10H19N3O4/c11-10(14)9(12-15)7-5-3-1-2-4-6-8-13(16)17/h15H,1-8H2,(H2,11,14). The van der Waals surface area contributed by atoms with Crippen LogP contribution in [0.4, 0.5) is 0 Å². The zero-order valence-electron chi connectivity index (χ0n) is 9.80. The second-order valence-electron chi connectivity index (χ2n) is 3.84. The molecule has 0 radical (unpaired) electrons. The minimum atomic E-state index is -0.696. The number of nitrogens with two attached hydrogens (primary N) is 1. The Morgan fingerprint density at radius 3 is 2.18 bits per heavy atom. The van der Waals surface area contributed by atoms with Gasteiger partial charge in [-0.15, -0.1) is 0 Å². The summed E-state index contributed by atoms with van der Waals surface area (Å²) in [6.45, 7) is 0.0307. The van der Waals surface area contributed by atoms with E-state index >= 15 is 0 Å². The zero-order chi connectivity index (χ0) is 13.1. The van der Waals surface area contributed by atoms with Crippen LogP contribution in [0.3, 0.4) is 0 Å². The summed E-state index contributed by atoms with van der Waals surface area (Å²) in [5, 5.41) is 21.3. The molecule has 0 spiro atoms. The molecule has 0 fully saturated rings. The van der Waals surface area contributed by atoms with Gasteiger partial charge >= 0.3 is 0 Å². The van der Waals surface area contributed by atoms with Gasteiger partial charge in [0.1, 0.15) is 5.71 Å². The van der Waals surface area contributed by atoms with Crippen LogP contribution in [0.1, 0.15) is 44.9 Å². The van der Waals surface area contributed by atoms with Crippen LogP contribution in [0.25, 0.3) is 0 Å². The topological polar surface area (TPSA) is 119 Å². The van der Waals surface area contributed by atoms with Crippen molar-refractivity contribution in [2.75, 3.05) is 6.54 Å². The van der Waals surface area contributed by atoms with Crippen molar-refractivity contribution < 1.29 is 14.9 Å². The number of nitro groups is 1. The smallest absolute Gasteiger partial charge is 0.266 e. The van der Waals surface area contributed by atoms with Gasteiger partial charge in [-0.1, -0.05) is 24.4 Å². The third-order valence-corrected chi connectivity index (χ3v) is 2.41. The Morgan fingerprint density at radius 1 is 1.18 bits per heavy atom. The van der Waals surface area contributed by atoms with Crippen LogP contribution < -0.4 is 5.73 Å². The summed E-state index contributed by atoms with van der Waals surface area (Å²) in [7, 11) is 0. The predicted octanol–water partition coefficient (Wildman–Crippen LogP) is 1.31. The van der Waals surface area contributed by atoms with Gasteiger partial charge in [0.2, 0.25) is 6.54 Å². The number of nitrogens with zero attached hydrogens (tertiary/aromatic N) is 2. The average Bonchev–Trinajstić information content (AvgIpc) is 2.26. The lowest BCUT2D eigenvalue weighted by Gasteiger charge is -2.01. The van der Waals surface area contributed by atoms with Gasteiger partial charge in [0.25, 0.3) is 5.91 Å². The maximum absolute atomic E-state index is 10.7. The molecule has 7 nitrogen and oxygen atoms in total. The third kappa shape index (κ3) is 9.28. The van der Waals surface area contributed by atoms with Crippen molar-refractivity contribution in [3.05, 3.63) is 10.1 Å². The molecule has 0 bridgehead atoms. The summed E-state index contributed by atoms with van der Waals surface area (Å²) >= 11 is 0. The van der Waals surface area contributed by atoms with Crippen molar-refractivity contribution in [2.45, 2.75) is 44.9 Å². The Hall–Kier alpha value is -1.66. The lowest BCUT2D eigenvalue weighted by atomic mass is 10.1. The summed E-state index contributed by atoms with van der Waals surface area (Å²) in [5.74, 6) is -0.696. The molecule has 0 heterocycles. The normalized spacial score (nSPS) is 11.4. The first-order chi connectivity index (χ1) is 8.07. The van der Waals surface area contributed by atoms with E-state index in [1.165, 1.54) is 0 Å². The molecule has 0 aliphatic heterocycles. The Balaban J connectivity index is 3.35. The summed E-state index contributed by atoms with van der Waals surface area (Å²) in [5.41, 5.74) is 4.96. The van der Waals surface area contributed by atoms with Gasteiger partial charge in [-0.05, 0) is 19.3 Å². The van der Waals surface area contributed by atoms with Gasteiger partial charge in [-0.2, -0.15) is 0 Å². The number of primary amides is 1. The van der Waals surface area contributed by atoms with Crippen molar-refractivity contribution in [3.8, 4) is 0 Å². The largest absolute Gasteiger partial charge is 0.410 e. The SMILES string of the molecule is NC(=O)C(CCCCCCCC[N+](=O)[O-])=NO. The molecule has 0 aliphatic carbocycles. The number of amides is 1. The minimum absolute atomic E-state index is 0.00153. The first-order valence-electron chi connectivity index (χ1n) is 5.70. The molecule has 17 heavy (non-hydrogen) atoms. The molecule has 0 saturated heterocycles. The van der Waals surface area contributed by atoms with E-state index in [9.17, 15) is 14.9 Å². The summed E-state index contributed by atoms with van der Waals surface area (Å²) in [6, 6.07) is 0. The lowest BCUT2D eigenvalue weighted by molar-refractivity contribution is -0.480. The van der Waals surface area contributed by atoms with Crippen LogP contribution in [0.15, 0.2) is 5.16 Å². The van der Waals surface area contributed by atoms with Crippen LogP contribution in [0, 0.1) is 10.1 Å². The fourth-order valence-electron chi connectivity index (χ4n) is 1.46. The Morgan fingerprint density at radius 2 is 1.71 bits per heavy atom. The summed E-state index contributed by atoms with van der Waals surface area (Å²) in [4.78, 5) is 20.4. The molecule has 0 aromatic rings. The fraction of sp³-hybridized carbons (Fsp3) is 0.800. The first-order valence-corrected chi connectivity index (χ1v) is 5.70. The maximum Gasteiger partial charge on any atom is 0.266 e. The van der Waals surface area contributed by atoms with E-state index in [1.807, 2.05) is 0 Å². The van der Waals surface area contributed by atoms with Crippen LogP contribution in [0.5, 0.6) is 0 Å². The highest BCUT2D eigenvalue weighted by Crippen LogP contribution is 2.07. The molecular weight excluding hydrogens is 226 g/mol. The Labute approximate surface area is 99.8 Å². The van der Waals surface area contributed by atoms with Crippen molar-refractivity contribution in [1.29, 1.82) is 0 Å². The highest BCUT2D eigenvalue weighted by molar-refractivity contribution is 6.38. The van der Waals surface area contributed by atoms with Crippen LogP contribution in [-0.4, -0.2) is 28.3 Å². The molecule has 0 aromatic carbocycles. The lowest BCUT2D eigenvalue weighted by Crippen LogP contribution is -2.23. The number of carbonyl (C=O) groups is 1. The number of hydrogen-bond donors (Lipinski definition) is 2. The van der Waals surface area contributed by atoms with Crippen molar-refractivity contribution in [2.24, 2.45) is 10.9 Å². The number of hydrogen-bond acceptors (Lipinski definition) is 5. The van der Waals surface area contributed by atoms with E-state index in [4.69, 9.17) is 10.9 Å². The van der Waals surface area contributed by atoms with Crippen LogP contribution in [-0.2, 0) is 4.79 Å². The van der Waals surface area contributed by atoms with E-state index in [-0.39, 0.29) is 17.2 Å². The first kappa shape index (κ1) is 15.3. The van der Waals surface area contributed by atoms with E-state index in [1.54, 1.807) is 0 Å². The number of oxime groups is 1. The van der Waals surface area contributed by atoms with Crippen molar-refractivity contribution >= 4 is 11.6 Å². The van der Waals surface area contributed by atoms with Crippen molar-refractivity contribution in [3.63, 3.8) is 0 Å². The minimum Gasteiger partial charge on any atom is -0.410 e. The van der Waals surface area contributed by atoms with Gasteiger partial charge < -0.3 is 10.9 Å². The predicted molar refractivity (Wildman–Crippen MR) is 62.6 cm³/mol. The number of rotatable bonds is 10. The molecule has 7 heteroatoms.